The van der Waals surface area contributed by atoms with E-state index < -0.39 is 0 Å². The van der Waals surface area contributed by atoms with Crippen LogP contribution in [0.3, 0.4) is 0 Å². The molecular weight excluding hydrogens is 647 g/mol. The van der Waals surface area contributed by atoms with Crippen molar-refractivity contribution in [2.75, 3.05) is 4.90 Å². The monoisotopic (exact) mass is 677 g/mol. The molecule has 11 rings (SSSR count). The summed E-state index contributed by atoms with van der Waals surface area (Å²) in [5, 5.41) is 9.03. The second kappa shape index (κ2) is 11.7. The van der Waals surface area contributed by atoms with Gasteiger partial charge in [-0.15, -0.1) is 0 Å². The van der Waals surface area contributed by atoms with Crippen molar-refractivity contribution in [3.63, 3.8) is 0 Å². The molecule has 0 fully saturated rings. The van der Waals surface area contributed by atoms with E-state index in [9.17, 15) is 0 Å². The second-order valence-electron chi connectivity index (χ2n) is 13.7. The summed E-state index contributed by atoms with van der Waals surface area (Å²) in [5.41, 5.74) is 11.1. The summed E-state index contributed by atoms with van der Waals surface area (Å²) in [6.07, 6.45) is 0. The van der Waals surface area contributed by atoms with E-state index in [2.05, 4.69) is 187 Å². The predicted octanol–water partition coefficient (Wildman–Crippen LogP) is 14.6. The summed E-state index contributed by atoms with van der Waals surface area (Å²) in [6, 6.07) is 66.7. The highest BCUT2D eigenvalue weighted by atomic mass is 16.3. The maximum absolute atomic E-state index is 6.76. The molecule has 11 aromatic rings. The molecule has 248 valence electrons. The van der Waals surface area contributed by atoms with Gasteiger partial charge in [0.1, 0.15) is 22.3 Å². The number of para-hydroxylation sites is 1. The predicted molar refractivity (Wildman–Crippen MR) is 222 cm³/mol. The van der Waals surface area contributed by atoms with Crippen molar-refractivity contribution in [2.45, 2.75) is 0 Å². The number of furan rings is 2. The molecule has 3 nitrogen and oxygen atoms in total. The number of benzene rings is 9. The molecule has 2 heterocycles. The van der Waals surface area contributed by atoms with Crippen LogP contribution in [-0.2, 0) is 0 Å². The zero-order valence-corrected chi connectivity index (χ0v) is 28.7. The third-order valence-electron chi connectivity index (χ3n) is 10.6. The Morgan fingerprint density at radius 2 is 0.925 bits per heavy atom. The molecule has 0 unspecified atom stereocenters. The van der Waals surface area contributed by atoms with Crippen LogP contribution in [-0.4, -0.2) is 0 Å². The summed E-state index contributed by atoms with van der Waals surface area (Å²) in [4.78, 5) is 2.38. The molecule has 0 atom stereocenters. The minimum Gasteiger partial charge on any atom is -0.455 e. The summed E-state index contributed by atoms with van der Waals surface area (Å²) in [6.45, 7) is 0. The fourth-order valence-electron chi connectivity index (χ4n) is 8.16. The van der Waals surface area contributed by atoms with Gasteiger partial charge in [0.15, 0.2) is 0 Å². The number of anilines is 3. The SMILES string of the molecule is c1ccc(-c2cccc3c2oc2cccc(N(c4ccc(-c5ccc6ccccc6c5)cc4)c4cccc5oc6c7ccccc7ccc6c45)c23)cc1. The van der Waals surface area contributed by atoms with Crippen molar-refractivity contribution in [3.05, 3.63) is 188 Å². The Morgan fingerprint density at radius 1 is 0.340 bits per heavy atom. The Morgan fingerprint density at radius 3 is 1.70 bits per heavy atom. The van der Waals surface area contributed by atoms with E-state index in [0.29, 0.717) is 0 Å². The topological polar surface area (TPSA) is 29.5 Å². The second-order valence-corrected chi connectivity index (χ2v) is 13.7. The molecule has 0 saturated carbocycles. The number of rotatable bonds is 5. The molecule has 0 radical (unpaired) electrons. The van der Waals surface area contributed by atoms with Gasteiger partial charge in [0.05, 0.1) is 22.1 Å². The van der Waals surface area contributed by atoms with Crippen LogP contribution in [0.5, 0.6) is 0 Å². The summed E-state index contributed by atoms with van der Waals surface area (Å²) in [7, 11) is 0. The lowest BCUT2D eigenvalue weighted by molar-refractivity contribution is 0.670. The quantitative estimate of drug-likeness (QED) is 0.182. The molecule has 0 aliphatic rings. The van der Waals surface area contributed by atoms with E-state index in [1.807, 2.05) is 6.07 Å². The molecule has 3 heteroatoms. The number of hydrogen-bond donors (Lipinski definition) is 0. The van der Waals surface area contributed by atoms with Gasteiger partial charge in [-0.05, 0) is 81.4 Å². The van der Waals surface area contributed by atoms with Crippen LogP contribution >= 0.6 is 0 Å². The fraction of sp³-hybridized carbons (Fsp3) is 0. The van der Waals surface area contributed by atoms with Crippen LogP contribution < -0.4 is 4.90 Å². The third kappa shape index (κ3) is 4.68. The Balaban J connectivity index is 1.17. The number of nitrogens with zero attached hydrogens (tertiary/aromatic N) is 1. The molecule has 0 spiro atoms. The minimum absolute atomic E-state index is 0.842. The van der Waals surface area contributed by atoms with E-state index in [4.69, 9.17) is 8.83 Å². The van der Waals surface area contributed by atoms with Gasteiger partial charge in [-0.2, -0.15) is 0 Å². The van der Waals surface area contributed by atoms with Crippen molar-refractivity contribution >= 4 is 82.5 Å². The maximum atomic E-state index is 6.76. The van der Waals surface area contributed by atoms with Crippen molar-refractivity contribution < 1.29 is 8.83 Å². The van der Waals surface area contributed by atoms with E-state index >= 15 is 0 Å². The first-order valence-corrected chi connectivity index (χ1v) is 18.0. The van der Waals surface area contributed by atoms with Crippen LogP contribution in [0.25, 0.3) is 87.7 Å². The van der Waals surface area contributed by atoms with Gasteiger partial charge in [-0.25, -0.2) is 0 Å². The van der Waals surface area contributed by atoms with Crippen LogP contribution in [0.2, 0.25) is 0 Å². The van der Waals surface area contributed by atoms with Crippen LogP contribution in [0.1, 0.15) is 0 Å². The molecule has 2 aromatic heterocycles. The number of hydrogen-bond acceptors (Lipinski definition) is 3. The summed E-state index contributed by atoms with van der Waals surface area (Å²) < 4.78 is 13.5. The zero-order chi connectivity index (χ0) is 34.9. The van der Waals surface area contributed by atoms with Crippen LogP contribution in [0.15, 0.2) is 197 Å². The van der Waals surface area contributed by atoms with E-state index in [-0.39, 0.29) is 0 Å². The highest BCUT2D eigenvalue weighted by molar-refractivity contribution is 6.22. The first kappa shape index (κ1) is 29.6. The Hall–Kier alpha value is -7.10. The minimum atomic E-state index is 0.842. The van der Waals surface area contributed by atoms with Gasteiger partial charge < -0.3 is 13.7 Å². The average Bonchev–Trinajstić information content (AvgIpc) is 3.81. The maximum Gasteiger partial charge on any atom is 0.143 e. The molecule has 53 heavy (non-hydrogen) atoms. The smallest absolute Gasteiger partial charge is 0.143 e. The third-order valence-corrected chi connectivity index (χ3v) is 10.6. The standard InChI is InChI=1S/C50H31NO2/c1-2-12-34(13-3-1)40-17-8-18-41-47-43(19-9-21-45(47)52-49(40)41)51(38-28-25-33(26-29-38)37-24-23-32-11-4-5-15-36(32)31-37)44-20-10-22-46-48(44)42-30-27-35-14-6-7-16-39(35)50(42)53-46/h1-31H. The zero-order valence-electron chi connectivity index (χ0n) is 28.7. The molecule has 0 amide bonds. The van der Waals surface area contributed by atoms with E-state index in [0.717, 1.165) is 88.4 Å². The first-order valence-electron chi connectivity index (χ1n) is 18.0. The fourth-order valence-corrected chi connectivity index (χ4v) is 8.16. The van der Waals surface area contributed by atoms with Gasteiger partial charge in [0.25, 0.3) is 0 Å². The summed E-state index contributed by atoms with van der Waals surface area (Å²) in [5.74, 6) is 0. The molecule has 0 N–H and O–H groups in total. The lowest BCUT2D eigenvalue weighted by atomic mass is 9.99. The molecule has 0 saturated heterocycles. The van der Waals surface area contributed by atoms with Crippen molar-refractivity contribution in [1.29, 1.82) is 0 Å². The van der Waals surface area contributed by atoms with E-state index in [1.54, 1.807) is 0 Å². The molecule has 0 aliphatic carbocycles. The van der Waals surface area contributed by atoms with Gasteiger partial charge in [-0.1, -0.05) is 140 Å². The van der Waals surface area contributed by atoms with Gasteiger partial charge in [0, 0.05) is 27.4 Å². The van der Waals surface area contributed by atoms with Crippen molar-refractivity contribution in [2.24, 2.45) is 0 Å². The molecular formula is C50H31NO2. The summed E-state index contributed by atoms with van der Waals surface area (Å²) >= 11 is 0. The van der Waals surface area contributed by atoms with Gasteiger partial charge in [-0.3, -0.25) is 0 Å². The highest BCUT2D eigenvalue weighted by Gasteiger charge is 2.24. The normalized spacial score (nSPS) is 11.8. The van der Waals surface area contributed by atoms with Gasteiger partial charge in [0.2, 0.25) is 0 Å². The van der Waals surface area contributed by atoms with Crippen LogP contribution in [0.4, 0.5) is 17.1 Å². The lowest BCUT2D eigenvalue weighted by Gasteiger charge is -2.27. The van der Waals surface area contributed by atoms with E-state index in [1.165, 1.54) is 16.3 Å². The molecule has 9 aromatic carbocycles. The first-order chi connectivity index (χ1) is 26.3. The average molecular weight is 678 g/mol. The Labute approximate surface area is 305 Å². The number of fused-ring (bicyclic) bond motifs is 9. The van der Waals surface area contributed by atoms with Crippen molar-refractivity contribution in [3.8, 4) is 22.3 Å². The van der Waals surface area contributed by atoms with Crippen LogP contribution in [0, 0.1) is 0 Å². The Bertz CT molecular complexity index is 3170. The lowest BCUT2D eigenvalue weighted by Crippen LogP contribution is -2.10. The highest BCUT2D eigenvalue weighted by Crippen LogP contribution is 2.48. The Kier molecular flexibility index (Phi) is 6.55. The van der Waals surface area contributed by atoms with Crippen molar-refractivity contribution in [1.82, 2.24) is 0 Å². The largest absolute Gasteiger partial charge is 0.455 e. The van der Waals surface area contributed by atoms with Gasteiger partial charge >= 0.3 is 0 Å². The molecule has 0 bridgehead atoms. The molecule has 0 aliphatic heterocycles.